The molecule has 0 spiro atoms. The maximum absolute atomic E-state index is 13.3. The second-order valence-electron chi connectivity index (χ2n) is 5.80. The molecular formula is C16H23F2N. The molecule has 1 fully saturated rings. The molecule has 1 aliphatic rings. The Morgan fingerprint density at radius 3 is 2.63 bits per heavy atom. The number of nitrogens with one attached hydrogen (secondary N) is 1. The van der Waals surface area contributed by atoms with E-state index < -0.39 is 11.6 Å². The van der Waals surface area contributed by atoms with Gasteiger partial charge in [0.1, 0.15) is 0 Å². The van der Waals surface area contributed by atoms with Gasteiger partial charge >= 0.3 is 0 Å². The lowest BCUT2D eigenvalue weighted by Crippen LogP contribution is -2.37. The summed E-state index contributed by atoms with van der Waals surface area (Å²) in [6.45, 7) is 5.30. The van der Waals surface area contributed by atoms with Crippen molar-refractivity contribution in [2.75, 3.05) is 6.54 Å². The number of hydrogen-bond acceptors (Lipinski definition) is 1. The van der Waals surface area contributed by atoms with Gasteiger partial charge < -0.3 is 5.32 Å². The van der Waals surface area contributed by atoms with Gasteiger partial charge in [-0.3, -0.25) is 0 Å². The fourth-order valence-electron chi connectivity index (χ4n) is 3.20. The quantitative estimate of drug-likeness (QED) is 0.852. The van der Waals surface area contributed by atoms with Crippen LogP contribution in [0.4, 0.5) is 8.78 Å². The predicted molar refractivity (Wildman–Crippen MR) is 74.0 cm³/mol. The first kappa shape index (κ1) is 14.4. The Morgan fingerprint density at radius 2 is 2.05 bits per heavy atom. The van der Waals surface area contributed by atoms with Crippen LogP contribution in [0.5, 0.6) is 0 Å². The highest BCUT2D eigenvalue weighted by Crippen LogP contribution is 2.33. The van der Waals surface area contributed by atoms with E-state index in [1.54, 1.807) is 6.07 Å². The van der Waals surface area contributed by atoms with Crippen LogP contribution >= 0.6 is 0 Å². The third kappa shape index (κ3) is 3.75. The molecule has 3 atom stereocenters. The first-order valence-corrected chi connectivity index (χ1v) is 7.27. The van der Waals surface area contributed by atoms with Crippen molar-refractivity contribution in [2.24, 2.45) is 11.8 Å². The summed E-state index contributed by atoms with van der Waals surface area (Å²) in [6, 6.07) is 4.63. The molecule has 0 bridgehead atoms. The number of rotatable bonds is 5. The smallest absolute Gasteiger partial charge is 0.159 e. The van der Waals surface area contributed by atoms with Crippen molar-refractivity contribution >= 4 is 0 Å². The molecule has 0 amide bonds. The van der Waals surface area contributed by atoms with E-state index >= 15 is 0 Å². The van der Waals surface area contributed by atoms with Crippen LogP contribution in [0.25, 0.3) is 0 Å². The maximum atomic E-state index is 13.3. The lowest BCUT2D eigenvalue weighted by Gasteiger charge is -2.24. The Hall–Kier alpha value is -0.960. The van der Waals surface area contributed by atoms with Crippen LogP contribution in [-0.2, 0) is 6.42 Å². The van der Waals surface area contributed by atoms with Crippen molar-refractivity contribution in [3.8, 4) is 0 Å². The molecular weight excluding hydrogens is 244 g/mol. The monoisotopic (exact) mass is 267 g/mol. The highest BCUT2D eigenvalue weighted by atomic mass is 19.2. The molecule has 1 aliphatic carbocycles. The molecule has 1 aromatic rings. The summed E-state index contributed by atoms with van der Waals surface area (Å²) in [7, 11) is 0. The van der Waals surface area contributed by atoms with Crippen LogP contribution in [0.3, 0.4) is 0 Å². The number of halogens is 2. The van der Waals surface area contributed by atoms with Crippen molar-refractivity contribution in [3.63, 3.8) is 0 Å². The molecule has 1 nitrogen and oxygen atoms in total. The maximum Gasteiger partial charge on any atom is 0.159 e. The van der Waals surface area contributed by atoms with Gasteiger partial charge in [0.25, 0.3) is 0 Å². The fraction of sp³-hybridized carbons (Fsp3) is 0.625. The second-order valence-corrected chi connectivity index (χ2v) is 5.80. The Labute approximate surface area is 114 Å². The lowest BCUT2D eigenvalue weighted by atomic mass is 9.91. The molecule has 0 saturated heterocycles. The molecule has 0 aliphatic heterocycles. The highest BCUT2D eigenvalue weighted by molar-refractivity contribution is 5.19. The summed E-state index contributed by atoms with van der Waals surface area (Å²) in [5.41, 5.74) is 0.879. The molecule has 0 radical (unpaired) electrons. The van der Waals surface area contributed by atoms with Gasteiger partial charge in [-0.05, 0) is 55.3 Å². The van der Waals surface area contributed by atoms with E-state index in [0.29, 0.717) is 12.0 Å². The molecule has 0 heterocycles. The van der Waals surface area contributed by atoms with Gasteiger partial charge in [-0.15, -0.1) is 0 Å². The topological polar surface area (TPSA) is 12.0 Å². The van der Waals surface area contributed by atoms with Gasteiger partial charge in [0.2, 0.25) is 0 Å². The largest absolute Gasteiger partial charge is 0.314 e. The zero-order valence-corrected chi connectivity index (χ0v) is 11.8. The van der Waals surface area contributed by atoms with Gasteiger partial charge in [0.15, 0.2) is 11.6 Å². The molecule has 1 aromatic carbocycles. The molecule has 3 unspecified atom stereocenters. The van der Waals surface area contributed by atoms with E-state index in [0.717, 1.165) is 24.4 Å². The minimum absolute atomic E-state index is 0.375. The summed E-state index contributed by atoms with van der Waals surface area (Å²) in [5.74, 6) is -0.0649. The van der Waals surface area contributed by atoms with E-state index in [-0.39, 0.29) is 0 Å². The summed E-state index contributed by atoms with van der Waals surface area (Å²) < 4.78 is 26.2. The number of hydrogen-bond donors (Lipinski definition) is 1. The summed E-state index contributed by atoms with van der Waals surface area (Å²) in [5, 5.41) is 3.51. The molecule has 2 rings (SSSR count). The van der Waals surface area contributed by atoms with Gasteiger partial charge in [-0.2, -0.15) is 0 Å². The van der Waals surface area contributed by atoms with Crippen molar-refractivity contribution < 1.29 is 8.78 Å². The molecule has 3 heteroatoms. The Morgan fingerprint density at radius 1 is 1.26 bits per heavy atom. The van der Waals surface area contributed by atoms with E-state index in [4.69, 9.17) is 0 Å². The SMILES string of the molecule is CCNC(Cc1ccc(F)c(F)c1)C1CCC(C)C1. The molecule has 1 saturated carbocycles. The van der Waals surface area contributed by atoms with E-state index in [2.05, 4.69) is 19.2 Å². The van der Waals surface area contributed by atoms with Crippen LogP contribution < -0.4 is 5.32 Å². The summed E-state index contributed by atoms with van der Waals surface area (Å²) in [4.78, 5) is 0. The van der Waals surface area contributed by atoms with E-state index in [1.807, 2.05) is 0 Å². The van der Waals surface area contributed by atoms with Gasteiger partial charge in [0.05, 0.1) is 0 Å². The third-order valence-corrected chi connectivity index (χ3v) is 4.21. The number of benzene rings is 1. The zero-order chi connectivity index (χ0) is 13.8. The van der Waals surface area contributed by atoms with Gasteiger partial charge in [0, 0.05) is 6.04 Å². The van der Waals surface area contributed by atoms with Crippen LogP contribution in [0.1, 0.15) is 38.7 Å². The van der Waals surface area contributed by atoms with Crippen LogP contribution in [0, 0.1) is 23.5 Å². The van der Waals surface area contributed by atoms with Gasteiger partial charge in [-0.1, -0.05) is 26.3 Å². The average molecular weight is 267 g/mol. The lowest BCUT2D eigenvalue weighted by molar-refractivity contribution is 0.353. The first-order valence-electron chi connectivity index (χ1n) is 7.27. The third-order valence-electron chi connectivity index (χ3n) is 4.21. The Balaban J connectivity index is 2.05. The van der Waals surface area contributed by atoms with Crippen molar-refractivity contribution in [1.82, 2.24) is 5.32 Å². The van der Waals surface area contributed by atoms with Crippen molar-refractivity contribution in [2.45, 2.75) is 45.6 Å². The van der Waals surface area contributed by atoms with Crippen LogP contribution in [0.15, 0.2) is 18.2 Å². The van der Waals surface area contributed by atoms with E-state index in [9.17, 15) is 8.78 Å². The summed E-state index contributed by atoms with van der Waals surface area (Å²) >= 11 is 0. The molecule has 1 N–H and O–H groups in total. The highest BCUT2D eigenvalue weighted by Gasteiger charge is 2.28. The molecule has 19 heavy (non-hydrogen) atoms. The van der Waals surface area contributed by atoms with E-state index in [1.165, 1.54) is 31.4 Å². The van der Waals surface area contributed by atoms with Crippen molar-refractivity contribution in [3.05, 3.63) is 35.4 Å². The normalized spacial score (nSPS) is 24.6. The minimum Gasteiger partial charge on any atom is -0.314 e. The van der Waals surface area contributed by atoms with Crippen molar-refractivity contribution in [1.29, 1.82) is 0 Å². The molecule has 106 valence electrons. The van der Waals surface area contributed by atoms with Crippen LogP contribution in [-0.4, -0.2) is 12.6 Å². The first-order chi connectivity index (χ1) is 9.10. The summed E-state index contributed by atoms with van der Waals surface area (Å²) in [6.07, 6.45) is 4.54. The Kier molecular flexibility index (Phi) is 4.92. The Bertz CT molecular complexity index is 419. The minimum atomic E-state index is -0.766. The average Bonchev–Trinajstić information content (AvgIpc) is 2.80. The second kappa shape index (κ2) is 6.47. The number of likely N-dealkylation sites (N-methyl/N-ethyl adjacent to an activating group) is 1. The predicted octanol–water partition coefficient (Wildman–Crippen LogP) is 3.92. The zero-order valence-electron chi connectivity index (χ0n) is 11.8. The van der Waals surface area contributed by atoms with Crippen LogP contribution in [0.2, 0.25) is 0 Å². The standard InChI is InChI=1S/C16H23F2N/c1-3-19-16(13-6-4-11(2)8-13)10-12-5-7-14(17)15(18)9-12/h5,7,9,11,13,16,19H,3-4,6,8,10H2,1-2H3. The molecule has 0 aromatic heterocycles. The fourth-order valence-corrected chi connectivity index (χ4v) is 3.20. The van der Waals surface area contributed by atoms with Gasteiger partial charge in [-0.25, -0.2) is 8.78 Å².